The number of fused-ring (bicyclic) bond motifs is 22. The number of hydrogen-bond acceptors (Lipinski definition) is 9. The second-order valence-electron chi connectivity index (χ2n) is 38.2. The molecule has 29 rings (SSSR count). The molecule has 0 fully saturated rings. The second kappa shape index (κ2) is 34.0. The maximum absolute atomic E-state index is 5.22. The normalized spacial score (nSPS) is 13.1. The maximum Gasteiger partial charge on any atom is 0.164 e. The molecule has 0 saturated heterocycles. The summed E-state index contributed by atoms with van der Waals surface area (Å²) in [5.41, 5.74) is 30.6. The Morgan fingerprint density at radius 3 is 0.566 bits per heavy atom. The molecule has 668 valence electrons. The predicted molar refractivity (Wildman–Crippen MR) is 585 cm³/mol. The summed E-state index contributed by atoms with van der Waals surface area (Å²) in [6, 6.07) is 175. The topological polar surface area (TPSA) is 116 Å². The average molecular weight is 1820 g/mol. The molecule has 4 aliphatic carbocycles. The largest absolute Gasteiger partial charge is 0.208 e. The Morgan fingerprint density at radius 2 is 0.301 bits per heavy atom. The summed E-state index contributed by atoms with van der Waals surface area (Å²) in [7, 11) is 0. The molecule has 0 bridgehead atoms. The maximum atomic E-state index is 5.22. The Labute approximate surface area is 827 Å². The van der Waals surface area contributed by atoms with Gasteiger partial charge in [0.25, 0.3) is 0 Å². The van der Waals surface area contributed by atoms with Crippen LogP contribution in [-0.4, -0.2) is 44.9 Å². The molecule has 22 aromatic carbocycles. The Kier molecular flexibility index (Phi) is 19.9. The lowest BCUT2D eigenvalue weighted by molar-refractivity contribution is 0.660. The third-order valence-corrected chi connectivity index (χ3v) is 29.8. The Bertz CT molecular complexity index is 8800. The fourth-order valence-electron chi connectivity index (χ4n) is 22.9. The molecule has 0 atom stereocenters. The molecule has 4 aliphatic rings. The summed E-state index contributed by atoms with van der Waals surface area (Å²) in [5, 5.41) is 14.1. The highest BCUT2D eigenvalue weighted by atomic mass is 15.1. The van der Waals surface area contributed by atoms with Crippen molar-refractivity contribution in [1.29, 1.82) is 0 Å². The predicted octanol–water partition coefficient (Wildman–Crippen LogP) is 32.5. The van der Waals surface area contributed by atoms with Gasteiger partial charge in [-0.3, -0.25) is 0 Å². The summed E-state index contributed by atoms with van der Waals surface area (Å²) in [6.45, 7) is 4.60. The van der Waals surface area contributed by atoms with Gasteiger partial charge in [0.2, 0.25) is 0 Å². The molecule has 9 nitrogen and oxygen atoms in total. The van der Waals surface area contributed by atoms with Crippen LogP contribution in [0.1, 0.15) is 69.5 Å². The lowest BCUT2D eigenvalue weighted by Gasteiger charge is -2.34. The molecule has 143 heavy (non-hydrogen) atoms. The van der Waals surface area contributed by atoms with Gasteiger partial charge >= 0.3 is 0 Å². The van der Waals surface area contributed by atoms with Crippen molar-refractivity contribution in [3.8, 4) is 147 Å². The van der Waals surface area contributed by atoms with Crippen LogP contribution in [-0.2, 0) is 16.2 Å². The zero-order chi connectivity index (χ0) is 94.9. The zero-order valence-electron chi connectivity index (χ0n) is 78.3. The van der Waals surface area contributed by atoms with E-state index in [1.54, 1.807) is 0 Å². The van der Waals surface area contributed by atoms with E-state index in [2.05, 4.69) is 505 Å². The van der Waals surface area contributed by atoms with Gasteiger partial charge in [0, 0.05) is 55.5 Å². The molecule has 25 aromatic rings. The highest BCUT2D eigenvalue weighted by molar-refractivity contribution is 5.99. The van der Waals surface area contributed by atoms with Crippen molar-refractivity contribution in [2.24, 2.45) is 0 Å². The molecule has 0 N–H and O–H groups in total. The summed E-state index contributed by atoms with van der Waals surface area (Å²) in [6.07, 6.45) is 0. The van der Waals surface area contributed by atoms with Crippen LogP contribution in [0.25, 0.3) is 212 Å². The molecule has 1 spiro atoms. The zero-order valence-corrected chi connectivity index (χ0v) is 78.3. The SMILES string of the molecule is CC1(C)c2ccccc2-c2ccc(-c3nc(-c4ccc5ccccc5c4)nc(-c4ccc5ccccc5c4)n3)cc21.c1ccc(C2(c3ccccc3)c3ccccc3-c3ccc(-c4nc(-c5ccc6ccccc6c5)nc(-c5ccc6ccccc6c5)n4)cc32)cc1.c1ccc2c(c1)-c1ccccc1C21c2ccccc2-c2ccc(-c3nc(-c4ccc5ccccc5c4)nc(-c4ccc5ccccc5c4)n3)cc21. The van der Waals surface area contributed by atoms with Gasteiger partial charge in [0.05, 0.1) is 10.8 Å². The van der Waals surface area contributed by atoms with Gasteiger partial charge < -0.3 is 0 Å². The minimum atomic E-state index is -0.514. The van der Waals surface area contributed by atoms with E-state index in [9.17, 15) is 0 Å². The Hall–Kier alpha value is -18.6. The van der Waals surface area contributed by atoms with Crippen LogP contribution in [0.15, 0.2) is 491 Å². The molecular formula is C134H87N9. The number of aromatic nitrogens is 9. The van der Waals surface area contributed by atoms with Gasteiger partial charge in [-0.05, 0) is 219 Å². The number of benzene rings is 22. The van der Waals surface area contributed by atoms with E-state index in [-0.39, 0.29) is 5.41 Å². The highest BCUT2D eigenvalue weighted by Crippen LogP contribution is 2.64. The summed E-state index contributed by atoms with van der Waals surface area (Å²) < 4.78 is 0. The molecule has 0 amide bonds. The first kappa shape index (κ1) is 83.8. The molecular weight excluding hydrogens is 1740 g/mol. The first-order chi connectivity index (χ1) is 70.5. The molecule has 0 aliphatic heterocycles. The number of nitrogens with zero attached hydrogens (tertiary/aromatic N) is 9. The van der Waals surface area contributed by atoms with Crippen molar-refractivity contribution in [1.82, 2.24) is 44.9 Å². The Balaban J connectivity index is 0.000000108. The van der Waals surface area contributed by atoms with E-state index in [0.29, 0.717) is 52.4 Å². The number of hydrogen-bond donors (Lipinski definition) is 0. The van der Waals surface area contributed by atoms with Crippen molar-refractivity contribution in [3.63, 3.8) is 0 Å². The minimum absolute atomic E-state index is 0.0999. The van der Waals surface area contributed by atoms with Crippen molar-refractivity contribution in [3.05, 3.63) is 547 Å². The lowest BCUT2D eigenvalue weighted by atomic mass is 9.67. The number of rotatable bonds is 11. The van der Waals surface area contributed by atoms with E-state index in [1.165, 1.54) is 132 Å². The van der Waals surface area contributed by atoms with Crippen LogP contribution in [0.3, 0.4) is 0 Å². The second-order valence-corrected chi connectivity index (χ2v) is 38.2. The minimum Gasteiger partial charge on any atom is -0.208 e. The molecule has 0 radical (unpaired) electrons. The van der Waals surface area contributed by atoms with Crippen LogP contribution in [0, 0.1) is 0 Å². The van der Waals surface area contributed by atoms with Gasteiger partial charge in [-0.1, -0.05) is 451 Å². The highest BCUT2D eigenvalue weighted by Gasteiger charge is 2.52. The van der Waals surface area contributed by atoms with E-state index in [1.807, 2.05) is 0 Å². The molecule has 0 unspecified atom stereocenters. The molecule has 0 saturated carbocycles. The molecule has 3 heterocycles. The van der Waals surface area contributed by atoms with Gasteiger partial charge in [-0.15, -0.1) is 0 Å². The fraction of sp³-hybridized carbons (Fsp3) is 0.0373. The van der Waals surface area contributed by atoms with E-state index >= 15 is 0 Å². The van der Waals surface area contributed by atoms with Crippen molar-refractivity contribution in [2.75, 3.05) is 0 Å². The summed E-state index contributed by atoms with van der Waals surface area (Å²) in [5.74, 6) is 5.94. The summed E-state index contributed by atoms with van der Waals surface area (Å²) in [4.78, 5) is 46.3. The standard InChI is InChI=1S/C48H29N3.C48H31N3.C38H27N3/c1-3-13-32-27-34(23-21-30(32)11-1)45-49-46(35-24-22-31-12-2-4-14-33(31)28-35)51-47(50-45)36-25-26-40-39-17-7-10-20-43(39)48(44(40)29-36)41-18-8-5-15-37(41)38-16-6-9-19-42(38)48;1-3-17-39(18-4-1)48(40-19-5-2-6-20-40)43-22-12-11-21-41(43)42-28-27-38(31-44(42)48)47-50-45(36-25-23-32-13-7-9-15-34(32)29-36)49-46(51-47)37-26-24-33-14-8-10-16-35(33)30-37;1-38(2)33-14-8-7-13-31(33)32-20-19-30(23-34(32)38)37-40-35(28-17-15-24-9-3-5-11-26(24)21-28)39-36(41-37)29-18-16-25-10-4-6-12-27(25)22-29/h1-29H;1-31H;3-23H,1-2H3. The van der Waals surface area contributed by atoms with Crippen LogP contribution in [0.2, 0.25) is 0 Å². The van der Waals surface area contributed by atoms with Crippen molar-refractivity contribution >= 4 is 64.6 Å². The van der Waals surface area contributed by atoms with Crippen LogP contribution in [0.4, 0.5) is 0 Å². The van der Waals surface area contributed by atoms with Gasteiger partial charge in [-0.25, -0.2) is 44.9 Å². The average Bonchev–Trinajstić information content (AvgIpc) is 1.45. The summed E-state index contributed by atoms with van der Waals surface area (Å²) >= 11 is 0. The first-order valence-electron chi connectivity index (χ1n) is 48.8. The van der Waals surface area contributed by atoms with E-state index in [0.717, 1.165) is 82.4 Å². The van der Waals surface area contributed by atoms with Gasteiger partial charge in [-0.2, -0.15) is 0 Å². The third kappa shape index (κ3) is 14.1. The van der Waals surface area contributed by atoms with Gasteiger partial charge in [0.15, 0.2) is 52.4 Å². The Morgan fingerprint density at radius 1 is 0.126 bits per heavy atom. The van der Waals surface area contributed by atoms with Crippen LogP contribution in [0.5, 0.6) is 0 Å². The van der Waals surface area contributed by atoms with Crippen molar-refractivity contribution < 1.29 is 0 Å². The smallest absolute Gasteiger partial charge is 0.164 e. The quantitative estimate of drug-likeness (QED) is 0.125. The van der Waals surface area contributed by atoms with Crippen molar-refractivity contribution in [2.45, 2.75) is 30.1 Å². The fourth-order valence-corrected chi connectivity index (χ4v) is 22.9. The monoisotopic (exact) mass is 1820 g/mol. The van der Waals surface area contributed by atoms with E-state index < -0.39 is 10.8 Å². The lowest BCUT2D eigenvalue weighted by Crippen LogP contribution is -2.28. The van der Waals surface area contributed by atoms with Crippen LogP contribution >= 0.6 is 0 Å². The third-order valence-electron chi connectivity index (χ3n) is 29.8. The van der Waals surface area contributed by atoms with E-state index in [4.69, 9.17) is 44.9 Å². The van der Waals surface area contributed by atoms with Crippen LogP contribution < -0.4 is 0 Å². The molecule has 3 aromatic heterocycles. The molecule has 9 heteroatoms. The first-order valence-corrected chi connectivity index (χ1v) is 48.8. The van der Waals surface area contributed by atoms with Gasteiger partial charge in [0.1, 0.15) is 0 Å².